The third-order valence-electron chi connectivity index (χ3n) is 0.778. The topological polar surface area (TPSA) is 54.4 Å². The second-order valence-electron chi connectivity index (χ2n) is 1.71. The molecule has 0 aromatic rings. The fourth-order valence-corrected chi connectivity index (χ4v) is 0.368. The molecule has 0 unspecified atom stereocenters. The molecule has 68 valence electrons. The zero-order chi connectivity index (χ0) is 10.1. The Labute approximate surface area is 72.4 Å². The van der Waals surface area contributed by atoms with E-state index in [1.165, 1.54) is 6.92 Å². The highest BCUT2D eigenvalue weighted by Crippen LogP contribution is 1.91. The van der Waals surface area contributed by atoms with Gasteiger partial charge in [-0.3, -0.25) is 9.59 Å². The molecule has 0 aromatic heterocycles. The van der Waals surface area contributed by atoms with Crippen molar-refractivity contribution >= 4 is 11.6 Å². The normalized spacial score (nSPS) is 9.42. The van der Waals surface area contributed by atoms with E-state index in [9.17, 15) is 9.59 Å². The molecule has 0 spiro atoms. The average Bonchev–Trinajstić information content (AvgIpc) is 2.05. The lowest BCUT2D eigenvalue weighted by molar-refractivity contribution is -0.115. The minimum atomic E-state index is -0.643. The second kappa shape index (κ2) is 7.72. The molecule has 0 saturated heterocycles. The van der Waals surface area contributed by atoms with E-state index in [-0.39, 0.29) is 5.78 Å². The Morgan fingerprint density at radius 2 is 1.75 bits per heavy atom. The van der Waals surface area contributed by atoms with E-state index in [1.54, 1.807) is 0 Å². The van der Waals surface area contributed by atoms with Crippen LogP contribution in [0.3, 0.4) is 0 Å². The fraction of sp³-hybridized carbons (Fsp3) is 0.333. The second-order valence-corrected chi connectivity index (χ2v) is 1.71. The van der Waals surface area contributed by atoms with Gasteiger partial charge in [-0.1, -0.05) is 20.4 Å². The van der Waals surface area contributed by atoms with Gasteiger partial charge in [0.15, 0.2) is 11.5 Å². The molecule has 0 heterocycles. The number of rotatable bonds is 3. The lowest BCUT2D eigenvalue weighted by atomic mass is 10.3. The van der Waals surface area contributed by atoms with Gasteiger partial charge in [0, 0.05) is 6.08 Å². The van der Waals surface area contributed by atoms with E-state index in [1.807, 2.05) is 13.8 Å². The zero-order valence-corrected chi connectivity index (χ0v) is 7.63. The van der Waals surface area contributed by atoms with Crippen molar-refractivity contribution in [1.82, 2.24) is 0 Å². The summed E-state index contributed by atoms with van der Waals surface area (Å²) in [6.07, 6.45) is 1.79. The summed E-state index contributed by atoms with van der Waals surface area (Å²) in [4.78, 5) is 20.7. The lowest BCUT2D eigenvalue weighted by Gasteiger charge is -1.88. The van der Waals surface area contributed by atoms with Gasteiger partial charge in [0.05, 0.1) is 0 Å². The van der Waals surface area contributed by atoms with E-state index in [0.717, 1.165) is 12.2 Å². The van der Waals surface area contributed by atoms with Gasteiger partial charge in [0.1, 0.15) is 0 Å². The van der Waals surface area contributed by atoms with Crippen LogP contribution >= 0.6 is 0 Å². The summed E-state index contributed by atoms with van der Waals surface area (Å²) in [7, 11) is 0. The summed E-state index contributed by atoms with van der Waals surface area (Å²) in [6, 6.07) is 0. The smallest absolute Gasteiger partial charge is 0.219 e. The summed E-state index contributed by atoms with van der Waals surface area (Å²) in [5, 5.41) is 8.71. The third kappa shape index (κ3) is 6.74. The molecule has 0 aliphatic heterocycles. The number of hydrogen-bond donors (Lipinski definition) is 1. The van der Waals surface area contributed by atoms with E-state index < -0.39 is 11.5 Å². The first kappa shape index (κ1) is 13.2. The highest BCUT2D eigenvalue weighted by Gasteiger charge is 2.01. The first-order valence-corrected chi connectivity index (χ1v) is 3.66. The number of allylic oxidation sites excluding steroid dienone is 2. The SMILES string of the molecule is C=CC(=O)/C(O)=C\C(C)=O.CC. The van der Waals surface area contributed by atoms with Crippen LogP contribution in [-0.2, 0) is 9.59 Å². The molecule has 0 atom stereocenters. The van der Waals surface area contributed by atoms with Crippen molar-refractivity contribution < 1.29 is 14.7 Å². The minimum Gasteiger partial charge on any atom is -0.504 e. The Kier molecular flexibility index (Phi) is 8.51. The lowest BCUT2D eigenvalue weighted by Crippen LogP contribution is -1.98. The van der Waals surface area contributed by atoms with Crippen molar-refractivity contribution in [3.05, 3.63) is 24.5 Å². The Bertz CT molecular complexity index is 202. The maximum Gasteiger partial charge on any atom is 0.219 e. The average molecular weight is 170 g/mol. The van der Waals surface area contributed by atoms with Gasteiger partial charge in [-0.15, -0.1) is 0 Å². The van der Waals surface area contributed by atoms with Crippen LogP contribution in [0.1, 0.15) is 20.8 Å². The maximum atomic E-state index is 10.5. The van der Waals surface area contributed by atoms with Gasteiger partial charge in [-0.25, -0.2) is 0 Å². The van der Waals surface area contributed by atoms with Crippen molar-refractivity contribution in [1.29, 1.82) is 0 Å². The minimum absolute atomic E-state index is 0.368. The predicted octanol–water partition coefficient (Wildman–Crippen LogP) is 1.80. The number of carbonyl (C=O) groups excluding carboxylic acids is 2. The summed E-state index contributed by atoms with van der Waals surface area (Å²) in [6.45, 7) is 8.37. The molecule has 0 fully saturated rings. The molecule has 0 rings (SSSR count). The monoisotopic (exact) mass is 170 g/mol. The standard InChI is InChI=1S/C7H8O3.C2H6/c1-3-6(9)7(10)4-5(2)8;1-2/h3-4,10H,1H2,2H3;1-2H3/b7-4+;. The molecule has 0 amide bonds. The molecule has 0 radical (unpaired) electrons. The van der Waals surface area contributed by atoms with Crippen LogP contribution in [0.4, 0.5) is 0 Å². The van der Waals surface area contributed by atoms with Crippen molar-refractivity contribution in [3.63, 3.8) is 0 Å². The van der Waals surface area contributed by atoms with Gasteiger partial charge in [-0.05, 0) is 13.0 Å². The molecule has 1 N–H and O–H groups in total. The van der Waals surface area contributed by atoms with E-state index >= 15 is 0 Å². The fourth-order valence-electron chi connectivity index (χ4n) is 0.368. The summed E-state index contributed by atoms with van der Waals surface area (Å²) in [5.74, 6) is -1.58. The molecule has 0 saturated carbocycles. The van der Waals surface area contributed by atoms with Crippen molar-refractivity contribution in [2.75, 3.05) is 0 Å². The molecular weight excluding hydrogens is 156 g/mol. The van der Waals surface area contributed by atoms with Gasteiger partial charge >= 0.3 is 0 Å². The number of carbonyl (C=O) groups is 2. The summed E-state index contributed by atoms with van der Waals surface area (Å²) in [5.41, 5.74) is 0. The van der Waals surface area contributed by atoms with Crippen molar-refractivity contribution in [3.8, 4) is 0 Å². The number of ketones is 2. The molecule has 3 nitrogen and oxygen atoms in total. The predicted molar refractivity (Wildman–Crippen MR) is 47.9 cm³/mol. The quantitative estimate of drug-likeness (QED) is 0.519. The van der Waals surface area contributed by atoms with Gasteiger partial charge < -0.3 is 5.11 Å². The first-order valence-electron chi connectivity index (χ1n) is 3.66. The Balaban J connectivity index is 0. The first-order chi connectivity index (χ1) is 5.57. The van der Waals surface area contributed by atoms with Crippen LogP contribution in [0.15, 0.2) is 24.5 Å². The molecule has 12 heavy (non-hydrogen) atoms. The van der Waals surface area contributed by atoms with Crippen LogP contribution in [0, 0.1) is 0 Å². The van der Waals surface area contributed by atoms with Crippen LogP contribution in [-0.4, -0.2) is 16.7 Å². The zero-order valence-electron chi connectivity index (χ0n) is 7.63. The van der Waals surface area contributed by atoms with Crippen LogP contribution in [0.2, 0.25) is 0 Å². The molecule has 3 heteroatoms. The Morgan fingerprint density at radius 1 is 1.33 bits per heavy atom. The van der Waals surface area contributed by atoms with Crippen LogP contribution < -0.4 is 0 Å². The van der Waals surface area contributed by atoms with Gasteiger partial charge in [-0.2, -0.15) is 0 Å². The molecule has 0 bridgehead atoms. The Hall–Kier alpha value is -1.38. The third-order valence-corrected chi connectivity index (χ3v) is 0.778. The number of hydrogen-bond acceptors (Lipinski definition) is 3. The largest absolute Gasteiger partial charge is 0.504 e. The number of aliphatic hydroxyl groups is 1. The van der Waals surface area contributed by atoms with Gasteiger partial charge in [0.25, 0.3) is 0 Å². The summed E-state index contributed by atoms with van der Waals surface area (Å²) < 4.78 is 0. The molecular formula is C9H14O3. The summed E-state index contributed by atoms with van der Waals surface area (Å²) >= 11 is 0. The van der Waals surface area contributed by atoms with E-state index in [4.69, 9.17) is 5.11 Å². The van der Waals surface area contributed by atoms with Crippen LogP contribution in [0.25, 0.3) is 0 Å². The Morgan fingerprint density at radius 3 is 2.00 bits per heavy atom. The van der Waals surface area contributed by atoms with Gasteiger partial charge in [0.2, 0.25) is 5.78 Å². The van der Waals surface area contributed by atoms with Crippen molar-refractivity contribution in [2.45, 2.75) is 20.8 Å². The van der Waals surface area contributed by atoms with Crippen molar-refractivity contribution in [2.24, 2.45) is 0 Å². The van der Waals surface area contributed by atoms with E-state index in [2.05, 4.69) is 6.58 Å². The molecule has 0 aliphatic rings. The molecule has 0 aliphatic carbocycles. The maximum absolute atomic E-state index is 10.5. The highest BCUT2D eigenvalue weighted by atomic mass is 16.3. The number of aliphatic hydroxyl groups excluding tert-OH is 1. The highest BCUT2D eigenvalue weighted by molar-refractivity contribution is 6.05. The van der Waals surface area contributed by atoms with Crippen LogP contribution in [0.5, 0.6) is 0 Å². The van der Waals surface area contributed by atoms with E-state index in [0.29, 0.717) is 0 Å². The molecule has 0 aromatic carbocycles.